The minimum atomic E-state index is -0.0576. The van der Waals surface area contributed by atoms with Gasteiger partial charge in [-0.3, -0.25) is 4.79 Å². The summed E-state index contributed by atoms with van der Waals surface area (Å²) in [4.78, 5) is 14.2. The van der Waals surface area contributed by atoms with Crippen LogP contribution in [0.2, 0.25) is 0 Å². The van der Waals surface area contributed by atoms with Crippen LogP contribution in [-0.4, -0.2) is 29.4 Å². The minimum absolute atomic E-state index is 0.0576. The molecule has 0 radical (unpaired) electrons. The van der Waals surface area contributed by atoms with E-state index in [0.717, 1.165) is 24.7 Å². The Morgan fingerprint density at radius 2 is 2.16 bits per heavy atom. The normalized spacial score (nSPS) is 17.3. The summed E-state index contributed by atoms with van der Waals surface area (Å²) in [6, 6.07) is 1.68. The van der Waals surface area contributed by atoms with Crippen LogP contribution in [0.1, 0.15) is 19.8 Å². The Morgan fingerprint density at radius 1 is 1.42 bits per heavy atom. The fourth-order valence-electron chi connectivity index (χ4n) is 2.27. The maximum absolute atomic E-state index is 11.9. The summed E-state index contributed by atoms with van der Waals surface area (Å²) < 4.78 is 1.45. The lowest BCUT2D eigenvalue weighted by molar-refractivity contribution is 0.437. The standard InChI is InChI=1S/C14H22N4O/c1-12-4-8-17(9-5-12)13-10-14(19)18(16-11-13)7-3-2-6-15/h2-3,10-12H,4-9,15H2,1H3/b3-2+. The number of anilines is 1. The van der Waals surface area contributed by atoms with Gasteiger partial charge in [-0.2, -0.15) is 5.10 Å². The van der Waals surface area contributed by atoms with E-state index < -0.39 is 0 Å². The second-order valence-electron chi connectivity index (χ2n) is 5.11. The maximum Gasteiger partial charge on any atom is 0.269 e. The molecule has 2 rings (SSSR count). The molecule has 1 aromatic heterocycles. The third-order valence-corrected chi connectivity index (χ3v) is 3.59. The third kappa shape index (κ3) is 3.67. The maximum atomic E-state index is 11.9. The van der Waals surface area contributed by atoms with Gasteiger partial charge in [-0.1, -0.05) is 19.1 Å². The first kappa shape index (κ1) is 13.8. The Labute approximate surface area is 113 Å². The van der Waals surface area contributed by atoms with E-state index in [4.69, 9.17) is 5.73 Å². The van der Waals surface area contributed by atoms with Crippen molar-refractivity contribution in [2.75, 3.05) is 24.5 Å². The highest BCUT2D eigenvalue weighted by atomic mass is 16.1. The van der Waals surface area contributed by atoms with Crippen molar-refractivity contribution in [3.63, 3.8) is 0 Å². The molecule has 0 spiro atoms. The van der Waals surface area contributed by atoms with Crippen LogP contribution in [0.15, 0.2) is 29.2 Å². The quantitative estimate of drug-likeness (QED) is 0.822. The Morgan fingerprint density at radius 3 is 2.79 bits per heavy atom. The number of hydrogen-bond donors (Lipinski definition) is 1. The molecule has 0 aliphatic carbocycles. The molecule has 19 heavy (non-hydrogen) atoms. The predicted molar refractivity (Wildman–Crippen MR) is 77.3 cm³/mol. The molecule has 0 amide bonds. The Balaban J connectivity index is 2.06. The van der Waals surface area contributed by atoms with E-state index in [-0.39, 0.29) is 5.56 Å². The number of rotatable bonds is 4. The Hall–Kier alpha value is -1.62. The Bertz CT molecular complexity index is 486. The summed E-state index contributed by atoms with van der Waals surface area (Å²) in [5.41, 5.74) is 6.25. The summed E-state index contributed by atoms with van der Waals surface area (Å²) in [6.07, 6.45) is 7.84. The molecule has 2 heterocycles. The van der Waals surface area contributed by atoms with Gasteiger partial charge in [-0.25, -0.2) is 4.68 Å². The van der Waals surface area contributed by atoms with Crippen LogP contribution in [0.3, 0.4) is 0 Å². The van der Waals surface area contributed by atoms with Crippen molar-refractivity contribution >= 4 is 5.69 Å². The van der Waals surface area contributed by atoms with Gasteiger partial charge in [-0.05, 0) is 18.8 Å². The van der Waals surface area contributed by atoms with Crippen LogP contribution in [0.4, 0.5) is 5.69 Å². The van der Waals surface area contributed by atoms with Gasteiger partial charge in [0.2, 0.25) is 0 Å². The predicted octanol–water partition coefficient (Wildman–Crippen LogP) is 0.995. The van der Waals surface area contributed by atoms with Gasteiger partial charge in [0.15, 0.2) is 0 Å². The highest BCUT2D eigenvalue weighted by Crippen LogP contribution is 2.20. The number of nitrogens with two attached hydrogens (primary N) is 1. The second-order valence-corrected chi connectivity index (χ2v) is 5.11. The molecule has 1 aliphatic heterocycles. The summed E-state index contributed by atoms with van der Waals surface area (Å²) >= 11 is 0. The lowest BCUT2D eigenvalue weighted by Crippen LogP contribution is -2.34. The molecular weight excluding hydrogens is 240 g/mol. The van der Waals surface area contributed by atoms with Crippen molar-refractivity contribution < 1.29 is 0 Å². The fourth-order valence-corrected chi connectivity index (χ4v) is 2.27. The highest BCUT2D eigenvalue weighted by Gasteiger charge is 2.16. The molecular formula is C14H22N4O. The van der Waals surface area contributed by atoms with E-state index in [0.29, 0.717) is 13.1 Å². The molecule has 0 bridgehead atoms. The van der Waals surface area contributed by atoms with Gasteiger partial charge in [-0.15, -0.1) is 0 Å². The van der Waals surface area contributed by atoms with Crippen LogP contribution in [0.5, 0.6) is 0 Å². The zero-order valence-corrected chi connectivity index (χ0v) is 11.5. The molecule has 2 N–H and O–H groups in total. The lowest BCUT2D eigenvalue weighted by atomic mass is 9.99. The largest absolute Gasteiger partial charge is 0.370 e. The SMILES string of the molecule is CC1CCN(c2cnn(C/C=C/CN)c(=O)c2)CC1. The second kappa shape index (κ2) is 6.52. The van der Waals surface area contributed by atoms with Gasteiger partial charge in [0, 0.05) is 25.7 Å². The van der Waals surface area contributed by atoms with Crippen molar-refractivity contribution in [3.05, 3.63) is 34.8 Å². The molecule has 5 heteroatoms. The van der Waals surface area contributed by atoms with Gasteiger partial charge >= 0.3 is 0 Å². The van der Waals surface area contributed by atoms with Crippen LogP contribution in [0, 0.1) is 5.92 Å². The topological polar surface area (TPSA) is 64.2 Å². The number of allylic oxidation sites excluding steroid dienone is 1. The van der Waals surface area contributed by atoms with Crippen LogP contribution < -0.4 is 16.2 Å². The molecule has 0 aromatic carbocycles. The first-order valence-electron chi connectivity index (χ1n) is 6.88. The van der Waals surface area contributed by atoms with Crippen molar-refractivity contribution in [2.45, 2.75) is 26.3 Å². The number of piperidine rings is 1. The monoisotopic (exact) mass is 262 g/mol. The van der Waals surface area contributed by atoms with Crippen LogP contribution in [0.25, 0.3) is 0 Å². The molecule has 104 valence electrons. The molecule has 5 nitrogen and oxygen atoms in total. The molecule has 0 unspecified atom stereocenters. The van der Waals surface area contributed by atoms with E-state index in [1.54, 1.807) is 12.3 Å². The average Bonchev–Trinajstić information content (AvgIpc) is 2.42. The molecule has 1 saturated heterocycles. The number of nitrogens with zero attached hydrogens (tertiary/aromatic N) is 3. The molecule has 1 aliphatic rings. The average molecular weight is 262 g/mol. The molecule has 0 saturated carbocycles. The molecule has 1 fully saturated rings. The van der Waals surface area contributed by atoms with Crippen molar-refractivity contribution in [1.82, 2.24) is 9.78 Å². The van der Waals surface area contributed by atoms with Crippen molar-refractivity contribution in [2.24, 2.45) is 11.7 Å². The van der Waals surface area contributed by atoms with E-state index in [1.807, 2.05) is 12.2 Å². The van der Waals surface area contributed by atoms with E-state index in [1.165, 1.54) is 17.5 Å². The van der Waals surface area contributed by atoms with Crippen molar-refractivity contribution in [1.29, 1.82) is 0 Å². The van der Waals surface area contributed by atoms with Gasteiger partial charge < -0.3 is 10.6 Å². The van der Waals surface area contributed by atoms with E-state index in [2.05, 4.69) is 16.9 Å². The molecule has 0 atom stereocenters. The first-order valence-corrected chi connectivity index (χ1v) is 6.88. The van der Waals surface area contributed by atoms with Gasteiger partial charge in [0.05, 0.1) is 18.4 Å². The lowest BCUT2D eigenvalue weighted by Gasteiger charge is -2.31. The summed E-state index contributed by atoms with van der Waals surface area (Å²) in [5.74, 6) is 0.783. The third-order valence-electron chi connectivity index (χ3n) is 3.59. The Kier molecular flexibility index (Phi) is 4.74. The van der Waals surface area contributed by atoms with Crippen LogP contribution >= 0.6 is 0 Å². The zero-order valence-electron chi connectivity index (χ0n) is 11.5. The highest BCUT2D eigenvalue weighted by molar-refractivity contribution is 5.43. The summed E-state index contributed by atoms with van der Waals surface area (Å²) in [7, 11) is 0. The number of aromatic nitrogens is 2. The van der Waals surface area contributed by atoms with E-state index >= 15 is 0 Å². The first-order chi connectivity index (χ1) is 9.20. The van der Waals surface area contributed by atoms with Crippen molar-refractivity contribution in [3.8, 4) is 0 Å². The minimum Gasteiger partial charge on any atom is -0.370 e. The summed E-state index contributed by atoms with van der Waals surface area (Å²) in [5, 5.41) is 4.21. The molecule has 1 aromatic rings. The van der Waals surface area contributed by atoms with Gasteiger partial charge in [0.1, 0.15) is 0 Å². The van der Waals surface area contributed by atoms with Crippen LogP contribution in [-0.2, 0) is 6.54 Å². The fraction of sp³-hybridized carbons (Fsp3) is 0.571. The number of hydrogen-bond acceptors (Lipinski definition) is 4. The zero-order chi connectivity index (χ0) is 13.7. The summed E-state index contributed by atoms with van der Waals surface area (Å²) in [6.45, 7) is 5.27. The smallest absolute Gasteiger partial charge is 0.269 e. The van der Waals surface area contributed by atoms with Gasteiger partial charge in [0.25, 0.3) is 5.56 Å². The van der Waals surface area contributed by atoms with E-state index in [9.17, 15) is 4.79 Å².